The molecule has 0 aliphatic carbocycles. The molecule has 2 N–H and O–H groups in total. The van der Waals surface area contributed by atoms with Gasteiger partial charge in [0.15, 0.2) is 5.82 Å². The quantitative estimate of drug-likeness (QED) is 0.337. The molecule has 2 amide bonds. The fourth-order valence-electron chi connectivity index (χ4n) is 5.73. The lowest BCUT2D eigenvalue weighted by Gasteiger charge is -2.25. The van der Waals surface area contributed by atoms with Gasteiger partial charge in [-0.15, -0.1) is 11.3 Å². The molecule has 2 saturated heterocycles. The first-order chi connectivity index (χ1) is 18.6. The topological polar surface area (TPSA) is 101 Å². The molecule has 3 aromatic heterocycles. The number of nitrogens with one attached hydrogen (secondary N) is 2. The van der Waals surface area contributed by atoms with Crippen molar-refractivity contribution < 1.29 is 9.59 Å². The molecule has 2 aliphatic heterocycles. The van der Waals surface area contributed by atoms with Crippen LogP contribution in [0.15, 0.2) is 66.6 Å². The average Bonchev–Trinajstić information content (AvgIpc) is 3.77. The second-order valence-electron chi connectivity index (χ2n) is 10.4. The molecule has 1 aromatic carbocycles. The lowest BCUT2D eigenvalue weighted by Crippen LogP contribution is -2.37. The second-order valence-corrected chi connectivity index (χ2v) is 11.4. The number of imide groups is 1. The summed E-state index contributed by atoms with van der Waals surface area (Å²) in [7, 11) is 0. The number of carbonyl (C=O) groups is 2. The van der Waals surface area contributed by atoms with Crippen molar-refractivity contribution in [2.24, 2.45) is 5.41 Å². The first-order valence-electron chi connectivity index (χ1n) is 13.0. The van der Waals surface area contributed by atoms with E-state index in [1.54, 1.807) is 18.6 Å². The maximum atomic E-state index is 13.4. The number of aromatic nitrogens is 4. The molecule has 2 fully saturated rings. The van der Waals surface area contributed by atoms with Crippen LogP contribution in [-0.2, 0) is 19.6 Å². The molecule has 1 unspecified atom stereocenters. The number of carbonyl (C=O) groups excluding carboxylic acids is 2. The number of likely N-dealkylation sites (tertiary alicyclic amines) is 2. The van der Waals surface area contributed by atoms with Gasteiger partial charge in [-0.25, -0.2) is 9.97 Å². The van der Waals surface area contributed by atoms with Crippen molar-refractivity contribution in [1.82, 2.24) is 34.6 Å². The molecule has 2 aliphatic rings. The van der Waals surface area contributed by atoms with Gasteiger partial charge in [0.05, 0.1) is 6.54 Å². The molecule has 1 atom stereocenters. The molecule has 9 nitrogen and oxygen atoms in total. The maximum absolute atomic E-state index is 13.4. The Hall–Kier alpha value is -3.60. The van der Waals surface area contributed by atoms with Crippen LogP contribution in [0.2, 0.25) is 0 Å². The molecule has 4 aromatic rings. The first kappa shape index (κ1) is 24.7. The van der Waals surface area contributed by atoms with Crippen LogP contribution in [0.1, 0.15) is 50.1 Å². The summed E-state index contributed by atoms with van der Waals surface area (Å²) in [4.78, 5) is 48.1. The Labute approximate surface area is 225 Å². The molecule has 38 heavy (non-hydrogen) atoms. The zero-order chi connectivity index (χ0) is 26.0. The number of nitrogens with zero attached hydrogens (tertiary/aromatic N) is 5. The summed E-state index contributed by atoms with van der Waals surface area (Å²) < 4.78 is 0. The Bertz CT molecular complexity index is 1350. The van der Waals surface area contributed by atoms with E-state index in [-0.39, 0.29) is 18.3 Å². The minimum atomic E-state index is -0.493. The van der Waals surface area contributed by atoms with E-state index in [0.717, 1.165) is 26.2 Å². The number of thiophene rings is 1. The van der Waals surface area contributed by atoms with Gasteiger partial charge in [-0.2, -0.15) is 0 Å². The van der Waals surface area contributed by atoms with Crippen LogP contribution < -0.4 is 0 Å². The van der Waals surface area contributed by atoms with E-state index in [4.69, 9.17) is 0 Å². The molecule has 0 radical (unpaired) electrons. The number of benzene rings is 1. The van der Waals surface area contributed by atoms with Gasteiger partial charge in [-0.05, 0) is 60.5 Å². The summed E-state index contributed by atoms with van der Waals surface area (Å²) in [6, 6.07) is 12.0. The van der Waals surface area contributed by atoms with Crippen LogP contribution in [0.4, 0.5) is 0 Å². The highest BCUT2D eigenvalue weighted by molar-refractivity contribution is 7.09. The van der Waals surface area contributed by atoms with Crippen molar-refractivity contribution in [2.45, 2.75) is 32.5 Å². The number of H-pyrrole nitrogens is 2. The van der Waals surface area contributed by atoms with Crippen molar-refractivity contribution in [1.29, 1.82) is 0 Å². The lowest BCUT2D eigenvalue weighted by atomic mass is 9.86. The Morgan fingerprint density at radius 3 is 2.32 bits per heavy atom. The third kappa shape index (κ3) is 5.33. The summed E-state index contributed by atoms with van der Waals surface area (Å²) in [5.41, 5.74) is 2.02. The van der Waals surface area contributed by atoms with E-state index in [2.05, 4.69) is 47.2 Å². The molecule has 0 saturated carbocycles. The number of hydrogen-bond acceptors (Lipinski definition) is 7. The number of amides is 2. The van der Waals surface area contributed by atoms with Gasteiger partial charge < -0.3 is 9.97 Å². The summed E-state index contributed by atoms with van der Waals surface area (Å²) in [6.45, 7) is 6.52. The molecule has 0 bridgehead atoms. The largest absolute Gasteiger partial charge is 0.347 e. The number of rotatable bonds is 8. The lowest BCUT2D eigenvalue weighted by molar-refractivity contribution is 0.0593. The number of aromatic amines is 2. The zero-order valence-electron chi connectivity index (χ0n) is 21.2. The fourth-order valence-corrected chi connectivity index (χ4v) is 6.47. The molecule has 6 rings (SSSR count). The van der Waals surface area contributed by atoms with Crippen molar-refractivity contribution in [3.8, 4) is 0 Å². The van der Waals surface area contributed by atoms with E-state index in [0.29, 0.717) is 16.8 Å². The third-order valence-electron chi connectivity index (χ3n) is 7.66. The van der Waals surface area contributed by atoms with Crippen LogP contribution in [0.25, 0.3) is 0 Å². The highest BCUT2D eigenvalue weighted by Crippen LogP contribution is 2.40. The summed E-state index contributed by atoms with van der Waals surface area (Å²) in [5.74, 6) is -0.233. The van der Waals surface area contributed by atoms with E-state index in [9.17, 15) is 9.59 Å². The predicted octanol–water partition coefficient (Wildman–Crippen LogP) is 3.78. The molecule has 5 heterocycles. The van der Waals surface area contributed by atoms with E-state index in [1.165, 1.54) is 47.5 Å². The van der Waals surface area contributed by atoms with Crippen LogP contribution in [0.5, 0.6) is 0 Å². The fraction of sp³-hybridized carbons (Fsp3) is 0.357. The standard InChI is InChI=1S/C28H31N7O2S/c36-26(35(18-24-29-9-10-30-24)27(37)25-31-11-12-32-25)22-5-3-21(4-6-22)16-33-13-7-28(19-33)8-14-34(20-28)17-23-2-1-15-38-23/h1-6,9-12,15H,7-8,13-14,16-20H2,(H,29,30)(H,31,32). The van der Waals surface area contributed by atoms with Crippen molar-refractivity contribution in [3.05, 3.63) is 94.2 Å². The van der Waals surface area contributed by atoms with Gasteiger partial charge in [-0.1, -0.05) is 18.2 Å². The highest BCUT2D eigenvalue weighted by Gasteiger charge is 2.43. The summed E-state index contributed by atoms with van der Waals surface area (Å²) in [5, 5.41) is 2.16. The smallest absolute Gasteiger partial charge is 0.296 e. The van der Waals surface area contributed by atoms with Gasteiger partial charge in [-0.3, -0.25) is 24.3 Å². The molecule has 1 spiro atoms. The Balaban J connectivity index is 1.08. The average molecular weight is 530 g/mol. The van der Waals surface area contributed by atoms with Gasteiger partial charge in [0.2, 0.25) is 0 Å². The SMILES string of the molecule is O=C(c1ccc(CN2CCC3(CCN(Cc4cccs4)C3)C2)cc1)N(Cc1ncc[nH]1)C(=O)c1ncc[nH]1. The van der Waals surface area contributed by atoms with Crippen molar-refractivity contribution in [2.75, 3.05) is 26.2 Å². The molecular weight excluding hydrogens is 498 g/mol. The van der Waals surface area contributed by atoms with Crippen LogP contribution in [-0.4, -0.2) is 72.6 Å². The summed E-state index contributed by atoms with van der Waals surface area (Å²) in [6.07, 6.45) is 8.82. The first-order valence-corrected chi connectivity index (χ1v) is 13.8. The molecule has 196 valence electrons. The summed E-state index contributed by atoms with van der Waals surface area (Å²) >= 11 is 1.84. The van der Waals surface area contributed by atoms with Gasteiger partial charge in [0.25, 0.3) is 11.8 Å². The Morgan fingerprint density at radius 2 is 1.66 bits per heavy atom. The zero-order valence-corrected chi connectivity index (χ0v) is 22.0. The van der Waals surface area contributed by atoms with E-state index < -0.39 is 5.91 Å². The van der Waals surface area contributed by atoms with Crippen molar-refractivity contribution >= 4 is 23.2 Å². The van der Waals surface area contributed by atoms with E-state index >= 15 is 0 Å². The third-order valence-corrected chi connectivity index (χ3v) is 8.52. The van der Waals surface area contributed by atoms with Gasteiger partial charge >= 0.3 is 0 Å². The minimum absolute atomic E-state index is 0.0342. The highest BCUT2D eigenvalue weighted by atomic mass is 32.1. The Kier molecular flexibility index (Phi) is 6.92. The molecule has 10 heteroatoms. The normalized spacial score (nSPS) is 19.9. The number of hydrogen-bond donors (Lipinski definition) is 2. The Morgan fingerprint density at radius 1 is 0.921 bits per heavy atom. The second kappa shape index (κ2) is 10.6. The van der Waals surface area contributed by atoms with Crippen LogP contribution in [0.3, 0.4) is 0 Å². The maximum Gasteiger partial charge on any atom is 0.296 e. The van der Waals surface area contributed by atoms with E-state index in [1.807, 2.05) is 35.6 Å². The van der Waals surface area contributed by atoms with Crippen LogP contribution in [0, 0.1) is 5.41 Å². The number of imidazole rings is 2. The molecular formula is C28H31N7O2S. The minimum Gasteiger partial charge on any atom is -0.347 e. The van der Waals surface area contributed by atoms with Gasteiger partial charge in [0.1, 0.15) is 5.82 Å². The van der Waals surface area contributed by atoms with Crippen LogP contribution >= 0.6 is 11.3 Å². The van der Waals surface area contributed by atoms with Gasteiger partial charge in [0, 0.05) is 61.4 Å². The predicted molar refractivity (Wildman–Crippen MR) is 144 cm³/mol. The van der Waals surface area contributed by atoms with Crippen molar-refractivity contribution in [3.63, 3.8) is 0 Å². The monoisotopic (exact) mass is 529 g/mol.